The van der Waals surface area contributed by atoms with Gasteiger partial charge in [-0.3, -0.25) is 0 Å². The Morgan fingerprint density at radius 1 is 1.35 bits per heavy atom. The molecule has 1 fully saturated rings. The molecule has 2 N–H and O–H groups in total. The number of hydrogen-bond donors (Lipinski definition) is 1. The molecule has 0 aliphatic carbocycles. The van der Waals surface area contributed by atoms with E-state index in [9.17, 15) is 4.79 Å². The summed E-state index contributed by atoms with van der Waals surface area (Å²) in [5.74, 6) is 0.741. The minimum absolute atomic E-state index is 0.134. The first-order valence-corrected chi connectivity index (χ1v) is 7.38. The predicted molar refractivity (Wildman–Crippen MR) is 81.2 cm³/mol. The molecular formula is C16H25N3O. The van der Waals surface area contributed by atoms with Crippen molar-refractivity contribution in [3.63, 3.8) is 0 Å². The van der Waals surface area contributed by atoms with Crippen LogP contribution in [0.1, 0.15) is 30.9 Å². The van der Waals surface area contributed by atoms with Crippen LogP contribution < -0.4 is 5.73 Å². The minimum atomic E-state index is 0.134. The number of likely N-dealkylation sites (tertiary alicyclic amines) is 1. The van der Waals surface area contributed by atoms with E-state index in [1.165, 1.54) is 0 Å². The van der Waals surface area contributed by atoms with E-state index in [1.54, 1.807) is 4.90 Å². The Bertz CT molecular complexity index is 453. The number of piperidine rings is 1. The Morgan fingerprint density at radius 2 is 2.00 bits per heavy atom. The zero-order valence-corrected chi connectivity index (χ0v) is 12.5. The number of carbonyl (C=O) groups excluding carboxylic acids is 1. The van der Waals surface area contributed by atoms with Crippen molar-refractivity contribution in [2.75, 3.05) is 20.1 Å². The van der Waals surface area contributed by atoms with Gasteiger partial charge in [-0.25, -0.2) is 4.79 Å². The molecule has 1 aliphatic heterocycles. The number of nitrogens with zero attached hydrogens (tertiary/aromatic N) is 2. The fourth-order valence-corrected chi connectivity index (χ4v) is 2.64. The van der Waals surface area contributed by atoms with Gasteiger partial charge in [-0.1, -0.05) is 31.2 Å². The normalized spacial score (nSPS) is 16.2. The van der Waals surface area contributed by atoms with Crippen molar-refractivity contribution in [3.8, 4) is 0 Å². The number of amides is 2. The smallest absolute Gasteiger partial charge is 0.320 e. The molecule has 0 unspecified atom stereocenters. The summed E-state index contributed by atoms with van der Waals surface area (Å²) in [4.78, 5) is 16.2. The van der Waals surface area contributed by atoms with Crippen molar-refractivity contribution in [2.45, 2.75) is 32.9 Å². The first-order valence-electron chi connectivity index (χ1n) is 7.38. The lowest BCUT2D eigenvalue weighted by Gasteiger charge is -2.33. The third kappa shape index (κ3) is 3.73. The van der Waals surface area contributed by atoms with E-state index < -0.39 is 0 Å². The maximum Gasteiger partial charge on any atom is 0.320 e. The van der Waals surface area contributed by atoms with E-state index in [2.05, 4.69) is 13.0 Å². The van der Waals surface area contributed by atoms with Crippen molar-refractivity contribution in [3.05, 3.63) is 35.4 Å². The summed E-state index contributed by atoms with van der Waals surface area (Å²) in [6.45, 7) is 5.19. The summed E-state index contributed by atoms with van der Waals surface area (Å²) < 4.78 is 0. The lowest BCUT2D eigenvalue weighted by atomic mass is 9.99. The quantitative estimate of drug-likeness (QED) is 0.921. The Kier molecular flexibility index (Phi) is 5.01. The van der Waals surface area contributed by atoms with Crippen LogP contribution in [0.25, 0.3) is 0 Å². The molecule has 0 aromatic heterocycles. The SMILES string of the molecule is CC1CCN(C(=O)N(C)Cc2cccc(CN)c2)CC1. The molecule has 4 heteroatoms. The monoisotopic (exact) mass is 275 g/mol. The van der Waals surface area contributed by atoms with E-state index in [0.29, 0.717) is 13.1 Å². The first kappa shape index (κ1) is 14.9. The molecule has 0 radical (unpaired) electrons. The van der Waals surface area contributed by atoms with Crippen LogP contribution in [0, 0.1) is 5.92 Å². The van der Waals surface area contributed by atoms with E-state index >= 15 is 0 Å². The maximum absolute atomic E-state index is 12.4. The summed E-state index contributed by atoms with van der Waals surface area (Å²) in [5, 5.41) is 0. The van der Waals surface area contributed by atoms with Gasteiger partial charge >= 0.3 is 6.03 Å². The summed E-state index contributed by atoms with van der Waals surface area (Å²) in [7, 11) is 1.87. The van der Waals surface area contributed by atoms with Gasteiger partial charge in [-0.05, 0) is 29.9 Å². The third-order valence-electron chi connectivity index (χ3n) is 4.03. The lowest BCUT2D eigenvalue weighted by molar-refractivity contribution is 0.141. The highest BCUT2D eigenvalue weighted by Crippen LogP contribution is 2.17. The van der Waals surface area contributed by atoms with Gasteiger partial charge in [0.25, 0.3) is 0 Å². The van der Waals surface area contributed by atoms with Gasteiger partial charge in [0.1, 0.15) is 0 Å². The predicted octanol–water partition coefficient (Wildman–Crippen LogP) is 2.43. The van der Waals surface area contributed by atoms with Gasteiger partial charge in [0.05, 0.1) is 0 Å². The molecule has 20 heavy (non-hydrogen) atoms. The molecule has 1 heterocycles. The van der Waals surface area contributed by atoms with Gasteiger partial charge < -0.3 is 15.5 Å². The second-order valence-corrected chi connectivity index (χ2v) is 5.83. The minimum Gasteiger partial charge on any atom is -0.326 e. The van der Waals surface area contributed by atoms with Crippen LogP contribution >= 0.6 is 0 Å². The first-order chi connectivity index (χ1) is 9.60. The van der Waals surface area contributed by atoms with E-state index in [1.807, 2.05) is 30.1 Å². The third-order valence-corrected chi connectivity index (χ3v) is 4.03. The number of benzene rings is 1. The van der Waals surface area contributed by atoms with Gasteiger partial charge in [-0.2, -0.15) is 0 Å². The van der Waals surface area contributed by atoms with Crippen molar-refractivity contribution >= 4 is 6.03 Å². The summed E-state index contributed by atoms with van der Waals surface area (Å²) in [6.07, 6.45) is 2.23. The molecule has 1 aliphatic rings. The van der Waals surface area contributed by atoms with Crippen LogP contribution in [-0.2, 0) is 13.1 Å². The van der Waals surface area contributed by atoms with Gasteiger partial charge in [-0.15, -0.1) is 0 Å². The molecular weight excluding hydrogens is 250 g/mol. The Labute approximate surface area is 121 Å². The van der Waals surface area contributed by atoms with Crippen molar-refractivity contribution < 1.29 is 4.79 Å². The van der Waals surface area contributed by atoms with Crippen molar-refractivity contribution in [2.24, 2.45) is 11.7 Å². The summed E-state index contributed by atoms with van der Waals surface area (Å²) >= 11 is 0. The van der Waals surface area contributed by atoms with E-state index in [-0.39, 0.29) is 6.03 Å². The largest absolute Gasteiger partial charge is 0.326 e. The highest BCUT2D eigenvalue weighted by atomic mass is 16.2. The number of nitrogens with two attached hydrogens (primary N) is 1. The fraction of sp³-hybridized carbons (Fsp3) is 0.562. The zero-order valence-electron chi connectivity index (χ0n) is 12.5. The molecule has 2 amide bonds. The zero-order chi connectivity index (χ0) is 14.5. The van der Waals surface area contributed by atoms with Crippen LogP contribution in [0.15, 0.2) is 24.3 Å². The second-order valence-electron chi connectivity index (χ2n) is 5.83. The van der Waals surface area contributed by atoms with Crippen LogP contribution in [-0.4, -0.2) is 36.0 Å². The average molecular weight is 275 g/mol. The van der Waals surface area contributed by atoms with Gasteiger partial charge in [0.2, 0.25) is 0 Å². The molecule has 1 saturated heterocycles. The highest BCUT2D eigenvalue weighted by molar-refractivity contribution is 5.74. The number of hydrogen-bond acceptors (Lipinski definition) is 2. The van der Waals surface area contributed by atoms with Crippen molar-refractivity contribution in [1.82, 2.24) is 9.80 Å². The average Bonchev–Trinajstić information content (AvgIpc) is 2.47. The van der Waals surface area contributed by atoms with Crippen LogP contribution in [0.5, 0.6) is 0 Å². The van der Waals surface area contributed by atoms with Crippen LogP contribution in [0.4, 0.5) is 4.79 Å². The van der Waals surface area contributed by atoms with Crippen LogP contribution in [0.3, 0.4) is 0 Å². The van der Waals surface area contributed by atoms with Crippen LogP contribution in [0.2, 0.25) is 0 Å². The number of urea groups is 1. The Balaban J connectivity index is 1.93. The lowest BCUT2D eigenvalue weighted by Crippen LogP contribution is -2.44. The molecule has 1 aromatic rings. The van der Waals surface area contributed by atoms with Gasteiger partial charge in [0.15, 0.2) is 0 Å². The molecule has 1 aromatic carbocycles. The Hall–Kier alpha value is -1.55. The highest BCUT2D eigenvalue weighted by Gasteiger charge is 2.22. The van der Waals surface area contributed by atoms with E-state index in [0.717, 1.165) is 43.0 Å². The number of rotatable bonds is 3. The summed E-state index contributed by atoms with van der Waals surface area (Å²) in [6, 6.07) is 8.26. The van der Waals surface area contributed by atoms with Gasteiger partial charge in [0, 0.05) is 33.2 Å². The molecule has 110 valence electrons. The maximum atomic E-state index is 12.4. The second kappa shape index (κ2) is 6.75. The van der Waals surface area contributed by atoms with E-state index in [4.69, 9.17) is 5.73 Å². The van der Waals surface area contributed by atoms with Crippen molar-refractivity contribution in [1.29, 1.82) is 0 Å². The summed E-state index contributed by atoms with van der Waals surface area (Å²) in [5.41, 5.74) is 7.89. The Morgan fingerprint density at radius 3 is 2.65 bits per heavy atom. The fourth-order valence-electron chi connectivity index (χ4n) is 2.64. The molecule has 0 atom stereocenters. The molecule has 4 nitrogen and oxygen atoms in total. The molecule has 0 spiro atoms. The number of carbonyl (C=O) groups is 1. The molecule has 0 bridgehead atoms. The molecule has 0 saturated carbocycles. The molecule has 2 rings (SSSR count). The standard InChI is InChI=1S/C16H25N3O/c1-13-6-8-19(9-7-13)16(20)18(2)12-15-5-3-4-14(10-15)11-17/h3-5,10,13H,6-9,11-12,17H2,1-2H3. The topological polar surface area (TPSA) is 49.6 Å².